The summed E-state index contributed by atoms with van der Waals surface area (Å²) in [5.41, 5.74) is 1.01. The predicted molar refractivity (Wildman–Crippen MR) is 142 cm³/mol. The van der Waals surface area contributed by atoms with Crippen LogP contribution in [0.25, 0.3) is 0 Å². The van der Waals surface area contributed by atoms with Crippen LogP contribution < -0.4 is 0 Å². The van der Waals surface area contributed by atoms with Gasteiger partial charge in [-0.3, -0.25) is 14.4 Å². The number of amides is 2. The van der Waals surface area contributed by atoms with Crippen molar-refractivity contribution in [1.82, 2.24) is 9.80 Å². The van der Waals surface area contributed by atoms with E-state index in [0.717, 1.165) is 5.56 Å². The molecule has 4 heterocycles. The van der Waals surface area contributed by atoms with Gasteiger partial charge in [0, 0.05) is 17.8 Å². The van der Waals surface area contributed by atoms with Gasteiger partial charge >= 0.3 is 5.97 Å². The minimum Gasteiger partial charge on any atom is -0.465 e. The van der Waals surface area contributed by atoms with Crippen LogP contribution in [0.2, 0.25) is 0 Å². The molecule has 37 heavy (non-hydrogen) atoms. The number of aliphatic hydroxyl groups is 1. The van der Waals surface area contributed by atoms with Crippen molar-refractivity contribution in [3.05, 3.63) is 60.2 Å². The molecule has 1 unspecified atom stereocenters. The van der Waals surface area contributed by atoms with Gasteiger partial charge in [-0.1, -0.05) is 68.5 Å². The Hall–Kier alpha value is -2.58. The predicted octanol–water partition coefficient (Wildman–Crippen LogP) is 3.18. The molecule has 0 saturated carbocycles. The Morgan fingerprint density at radius 3 is 2.54 bits per heavy atom. The van der Waals surface area contributed by atoms with Crippen LogP contribution in [0.5, 0.6) is 0 Å². The van der Waals surface area contributed by atoms with Crippen molar-refractivity contribution in [3.8, 4) is 0 Å². The topological polar surface area (TPSA) is 87.2 Å². The SMILES string of the molecule is CC(C)C[C@H](CO)N1C(=O)[C@@H]2[C@H]3C(=O)OCCC=C[C@@]3(C)S[C@@]23C=CCN(Cc2ccccc2)C(=O)C13. The Morgan fingerprint density at radius 1 is 1.08 bits per heavy atom. The van der Waals surface area contributed by atoms with E-state index in [-0.39, 0.29) is 36.9 Å². The maximum atomic E-state index is 14.4. The Labute approximate surface area is 222 Å². The molecule has 1 N–H and O–H groups in total. The first-order chi connectivity index (χ1) is 17.7. The van der Waals surface area contributed by atoms with E-state index in [1.54, 1.807) is 9.80 Å². The molecule has 7 nitrogen and oxygen atoms in total. The number of hydrogen-bond acceptors (Lipinski definition) is 6. The summed E-state index contributed by atoms with van der Waals surface area (Å²) in [5, 5.41) is 10.4. The number of cyclic esters (lactones) is 1. The summed E-state index contributed by atoms with van der Waals surface area (Å²) in [6.45, 7) is 6.94. The molecule has 2 fully saturated rings. The summed E-state index contributed by atoms with van der Waals surface area (Å²) in [6.07, 6.45) is 9.22. The van der Waals surface area contributed by atoms with Crippen molar-refractivity contribution in [1.29, 1.82) is 0 Å². The number of carbonyl (C=O) groups excluding carboxylic acids is 3. The number of esters is 1. The Bertz CT molecular complexity index is 1120. The Morgan fingerprint density at radius 2 is 1.84 bits per heavy atom. The van der Waals surface area contributed by atoms with Gasteiger partial charge in [-0.2, -0.15) is 0 Å². The fourth-order valence-electron chi connectivity index (χ4n) is 6.63. The highest BCUT2D eigenvalue weighted by molar-refractivity contribution is 8.02. The number of hydrogen-bond donors (Lipinski definition) is 1. The van der Waals surface area contributed by atoms with Crippen molar-refractivity contribution in [2.75, 3.05) is 19.8 Å². The summed E-state index contributed by atoms with van der Waals surface area (Å²) in [7, 11) is 0. The molecular formula is C29H36N2O5S. The van der Waals surface area contributed by atoms with Crippen LogP contribution in [-0.2, 0) is 25.7 Å². The summed E-state index contributed by atoms with van der Waals surface area (Å²) in [6, 6.07) is 8.48. The lowest BCUT2D eigenvalue weighted by molar-refractivity contribution is -0.155. The van der Waals surface area contributed by atoms with E-state index in [2.05, 4.69) is 0 Å². The average molecular weight is 525 g/mol. The van der Waals surface area contributed by atoms with Gasteiger partial charge in [0.15, 0.2) is 0 Å². The van der Waals surface area contributed by atoms with Gasteiger partial charge in [0.1, 0.15) is 6.04 Å². The van der Waals surface area contributed by atoms with E-state index in [4.69, 9.17) is 4.74 Å². The molecule has 4 aliphatic rings. The summed E-state index contributed by atoms with van der Waals surface area (Å²) < 4.78 is 3.98. The molecule has 4 aliphatic heterocycles. The van der Waals surface area contributed by atoms with Gasteiger partial charge in [0.05, 0.1) is 35.8 Å². The van der Waals surface area contributed by atoms with Crippen molar-refractivity contribution >= 4 is 29.5 Å². The standard InChI is InChI=1S/C29H36N2O5S/c1-19(2)16-21(18-32)31-24-26(34)30(17-20-10-5-4-6-11-20)14-9-13-29(24)22(25(31)33)23-27(35)36-15-8-7-12-28(23,3)37-29/h4-7,9-13,19,21-24,32H,8,14-18H2,1-3H3/t21-,22+,23+,24?,28-,29+/m1/s1. The van der Waals surface area contributed by atoms with Gasteiger partial charge in [0.25, 0.3) is 0 Å². The van der Waals surface area contributed by atoms with Crippen molar-refractivity contribution < 1.29 is 24.2 Å². The van der Waals surface area contributed by atoms with E-state index in [9.17, 15) is 19.5 Å². The van der Waals surface area contributed by atoms with Gasteiger partial charge in [-0.25, -0.2) is 0 Å². The normalized spacial score (nSPS) is 34.0. The number of carbonyl (C=O) groups is 3. The lowest BCUT2D eigenvalue weighted by atomic mass is 9.74. The Kier molecular flexibility index (Phi) is 7.00. The number of likely N-dealkylation sites (tertiary alicyclic amines) is 1. The van der Waals surface area contributed by atoms with Crippen LogP contribution in [0.4, 0.5) is 0 Å². The molecule has 2 amide bonds. The minimum atomic E-state index is -0.933. The number of ether oxygens (including phenoxy) is 1. The fourth-order valence-corrected chi connectivity index (χ4v) is 8.77. The third-order valence-corrected chi connectivity index (χ3v) is 9.90. The minimum absolute atomic E-state index is 0.144. The van der Waals surface area contributed by atoms with Crippen molar-refractivity contribution in [2.24, 2.45) is 17.8 Å². The lowest BCUT2D eigenvalue weighted by Gasteiger charge is -2.40. The van der Waals surface area contributed by atoms with Crippen molar-refractivity contribution in [2.45, 2.75) is 61.7 Å². The second-order valence-corrected chi connectivity index (χ2v) is 13.0. The van der Waals surface area contributed by atoms with Crippen LogP contribution in [0.15, 0.2) is 54.6 Å². The second-order valence-electron chi connectivity index (χ2n) is 11.2. The molecule has 0 aliphatic carbocycles. The number of aliphatic hydroxyl groups excluding tert-OH is 1. The fraction of sp³-hybridized carbons (Fsp3) is 0.552. The van der Waals surface area contributed by atoms with E-state index < -0.39 is 33.4 Å². The Balaban J connectivity index is 1.63. The number of thioether (sulfide) groups is 1. The zero-order chi connectivity index (χ0) is 26.4. The smallest absolute Gasteiger partial charge is 0.311 e. The number of benzene rings is 1. The highest BCUT2D eigenvalue weighted by Gasteiger charge is 2.74. The first-order valence-electron chi connectivity index (χ1n) is 13.2. The molecule has 0 bridgehead atoms. The van der Waals surface area contributed by atoms with E-state index >= 15 is 0 Å². The van der Waals surface area contributed by atoms with Gasteiger partial charge in [0.2, 0.25) is 11.8 Å². The molecule has 0 radical (unpaired) electrons. The average Bonchev–Trinajstić information content (AvgIpc) is 3.19. The molecule has 5 rings (SSSR count). The highest BCUT2D eigenvalue weighted by atomic mass is 32.2. The summed E-state index contributed by atoms with van der Waals surface area (Å²) in [5.74, 6) is -2.02. The maximum Gasteiger partial charge on any atom is 0.311 e. The quantitative estimate of drug-likeness (QED) is 0.454. The molecule has 1 aromatic rings. The third kappa shape index (κ3) is 4.32. The molecule has 1 spiro atoms. The van der Waals surface area contributed by atoms with Crippen LogP contribution in [-0.4, -0.2) is 74.0 Å². The van der Waals surface area contributed by atoms with Crippen LogP contribution in [0.3, 0.4) is 0 Å². The van der Waals surface area contributed by atoms with Crippen LogP contribution in [0.1, 0.15) is 39.2 Å². The first kappa shape index (κ1) is 26.0. The molecule has 8 heteroatoms. The molecule has 0 aromatic heterocycles. The number of rotatable bonds is 6. The van der Waals surface area contributed by atoms with E-state index in [1.807, 2.05) is 75.4 Å². The number of fused-ring (bicyclic) bond motifs is 2. The lowest BCUT2D eigenvalue weighted by Crippen LogP contribution is -2.56. The zero-order valence-corrected chi connectivity index (χ0v) is 22.5. The van der Waals surface area contributed by atoms with Crippen LogP contribution in [0, 0.1) is 17.8 Å². The molecule has 1 aromatic carbocycles. The first-order valence-corrected chi connectivity index (χ1v) is 14.0. The number of nitrogens with zero attached hydrogens (tertiary/aromatic N) is 2. The van der Waals surface area contributed by atoms with E-state index in [0.29, 0.717) is 25.9 Å². The van der Waals surface area contributed by atoms with Gasteiger partial charge in [-0.15, -0.1) is 11.8 Å². The third-order valence-electron chi connectivity index (χ3n) is 8.10. The molecular weight excluding hydrogens is 488 g/mol. The molecule has 2 saturated heterocycles. The van der Waals surface area contributed by atoms with Gasteiger partial charge in [-0.05, 0) is 31.2 Å². The summed E-state index contributed by atoms with van der Waals surface area (Å²) >= 11 is 1.54. The summed E-state index contributed by atoms with van der Waals surface area (Å²) in [4.78, 5) is 45.6. The monoisotopic (exact) mass is 524 g/mol. The largest absolute Gasteiger partial charge is 0.465 e. The van der Waals surface area contributed by atoms with Gasteiger partial charge < -0.3 is 19.6 Å². The zero-order valence-electron chi connectivity index (χ0n) is 21.7. The molecule has 6 atom stereocenters. The van der Waals surface area contributed by atoms with Crippen LogP contribution >= 0.6 is 11.8 Å². The van der Waals surface area contributed by atoms with Crippen molar-refractivity contribution in [3.63, 3.8) is 0 Å². The highest BCUT2D eigenvalue weighted by Crippen LogP contribution is 2.65. The molecule has 198 valence electrons. The second kappa shape index (κ2) is 9.95. The maximum absolute atomic E-state index is 14.4. The van der Waals surface area contributed by atoms with E-state index in [1.165, 1.54) is 11.8 Å².